The summed E-state index contributed by atoms with van der Waals surface area (Å²) >= 11 is 0. The number of nitrogens with one attached hydrogen (secondary N) is 3. The molecule has 0 aliphatic heterocycles. The lowest BCUT2D eigenvalue weighted by atomic mass is 10.0. The predicted octanol–water partition coefficient (Wildman–Crippen LogP) is 2.67. The second-order valence-corrected chi connectivity index (χ2v) is 6.78. The van der Waals surface area contributed by atoms with Gasteiger partial charge in [-0.15, -0.1) is 0 Å². The zero-order valence-corrected chi connectivity index (χ0v) is 15.3. The van der Waals surface area contributed by atoms with Crippen LogP contribution in [0.15, 0.2) is 4.99 Å². The summed E-state index contributed by atoms with van der Waals surface area (Å²) in [6, 6.07) is 0. The van der Waals surface area contributed by atoms with E-state index < -0.39 is 0 Å². The fourth-order valence-corrected chi connectivity index (χ4v) is 2.95. The maximum Gasteiger partial charge on any atom is 0.222 e. The summed E-state index contributed by atoms with van der Waals surface area (Å²) in [5.41, 5.74) is 0. The smallest absolute Gasteiger partial charge is 0.222 e. The van der Waals surface area contributed by atoms with Gasteiger partial charge in [-0.1, -0.05) is 52.4 Å². The van der Waals surface area contributed by atoms with E-state index in [2.05, 4.69) is 27.9 Å². The molecule has 1 aliphatic carbocycles. The Labute approximate surface area is 142 Å². The largest absolute Gasteiger partial charge is 0.357 e. The van der Waals surface area contributed by atoms with Crippen molar-refractivity contribution in [3.63, 3.8) is 0 Å². The van der Waals surface area contributed by atoms with E-state index in [9.17, 15) is 4.79 Å². The number of nitrogens with zero attached hydrogens (tertiary/aromatic N) is 1. The molecule has 5 nitrogen and oxygen atoms in total. The molecule has 0 atom stereocenters. The Bertz CT molecular complexity index is 349. The van der Waals surface area contributed by atoms with E-state index in [4.69, 9.17) is 0 Å². The van der Waals surface area contributed by atoms with Gasteiger partial charge in [-0.2, -0.15) is 0 Å². The number of carbonyl (C=O) groups excluding carboxylic acids is 1. The van der Waals surface area contributed by atoms with Gasteiger partial charge in [-0.25, -0.2) is 0 Å². The van der Waals surface area contributed by atoms with Crippen molar-refractivity contribution in [3.05, 3.63) is 0 Å². The molecule has 23 heavy (non-hydrogen) atoms. The molecule has 0 aromatic heterocycles. The monoisotopic (exact) mass is 324 g/mol. The molecule has 0 aromatic rings. The second-order valence-electron chi connectivity index (χ2n) is 6.78. The summed E-state index contributed by atoms with van der Waals surface area (Å²) in [5.74, 6) is 1.97. The number of hydrogen-bond donors (Lipinski definition) is 3. The Balaban J connectivity index is 2.12. The number of guanidine groups is 1. The summed E-state index contributed by atoms with van der Waals surface area (Å²) in [5, 5.41) is 9.43. The second kappa shape index (κ2) is 12.2. The number of amides is 1. The Morgan fingerprint density at radius 2 is 1.78 bits per heavy atom. The fraction of sp³-hybridized carbons (Fsp3) is 0.889. The van der Waals surface area contributed by atoms with Crippen molar-refractivity contribution in [2.45, 2.75) is 65.7 Å². The molecule has 0 bridgehead atoms. The SMILES string of the molecule is CCNC(=NCCCCC1CCCC1)NCCNC(=O)C(C)C. The van der Waals surface area contributed by atoms with Crippen LogP contribution in [0.25, 0.3) is 0 Å². The lowest BCUT2D eigenvalue weighted by molar-refractivity contribution is -0.123. The molecule has 5 heteroatoms. The number of carbonyl (C=O) groups is 1. The van der Waals surface area contributed by atoms with E-state index in [1.54, 1.807) is 0 Å². The molecule has 1 fully saturated rings. The van der Waals surface area contributed by atoms with Crippen molar-refractivity contribution in [3.8, 4) is 0 Å². The minimum absolute atomic E-state index is 0.0387. The molecule has 0 saturated heterocycles. The van der Waals surface area contributed by atoms with Gasteiger partial charge in [0.15, 0.2) is 5.96 Å². The Morgan fingerprint density at radius 1 is 1.09 bits per heavy atom. The standard InChI is InChI=1S/C18H36N4O/c1-4-19-18(22-14-13-20-17(23)15(2)3)21-12-8-7-11-16-9-5-6-10-16/h15-16H,4-14H2,1-3H3,(H,20,23)(H2,19,21,22). The van der Waals surface area contributed by atoms with Crippen LogP contribution in [0.5, 0.6) is 0 Å². The first kappa shape index (κ1) is 19.8. The molecule has 3 N–H and O–H groups in total. The Morgan fingerprint density at radius 3 is 2.43 bits per heavy atom. The molecule has 1 amide bonds. The summed E-state index contributed by atoms with van der Waals surface area (Å²) in [7, 11) is 0. The lowest BCUT2D eigenvalue weighted by Gasteiger charge is -2.13. The highest BCUT2D eigenvalue weighted by Gasteiger charge is 2.13. The molecule has 1 saturated carbocycles. The fourth-order valence-electron chi connectivity index (χ4n) is 2.95. The van der Waals surface area contributed by atoms with Crippen molar-refractivity contribution in [1.82, 2.24) is 16.0 Å². The highest BCUT2D eigenvalue weighted by molar-refractivity contribution is 5.80. The third-order valence-corrected chi connectivity index (χ3v) is 4.35. The zero-order chi connectivity index (χ0) is 16.9. The molecule has 1 aliphatic rings. The molecule has 0 aromatic carbocycles. The van der Waals surface area contributed by atoms with Crippen LogP contribution in [-0.4, -0.2) is 38.0 Å². The van der Waals surface area contributed by atoms with Crippen molar-refractivity contribution in [1.29, 1.82) is 0 Å². The van der Waals surface area contributed by atoms with Crippen LogP contribution in [0.1, 0.15) is 65.7 Å². The van der Waals surface area contributed by atoms with Gasteiger partial charge in [0.25, 0.3) is 0 Å². The van der Waals surface area contributed by atoms with Gasteiger partial charge in [0.2, 0.25) is 5.91 Å². The van der Waals surface area contributed by atoms with E-state index in [0.29, 0.717) is 13.1 Å². The van der Waals surface area contributed by atoms with Crippen LogP contribution < -0.4 is 16.0 Å². The highest BCUT2D eigenvalue weighted by atomic mass is 16.1. The maximum absolute atomic E-state index is 11.5. The third kappa shape index (κ3) is 9.47. The third-order valence-electron chi connectivity index (χ3n) is 4.35. The van der Waals surface area contributed by atoms with Gasteiger partial charge in [0.1, 0.15) is 0 Å². The van der Waals surface area contributed by atoms with Gasteiger partial charge in [-0.3, -0.25) is 9.79 Å². The van der Waals surface area contributed by atoms with Crippen molar-refractivity contribution in [2.75, 3.05) is 26.2 Å². The molecule has 0 heterocycles. The van der Waals surface area contributed by atoms with Crippen LogP contribution in [0.2, 0.25) is 0 Å². The molecule has 0 unspecified atom stereocenters. The molecule has 0 spiro atoms. The van der Waals surface area contributed by atoms with Crippen LogP contribution in [0.4, 0.5) is 0 Å². The first-order valence-corrected chi connectivity index (χ1v) is 9.43. The number of unbranched alkanes of at least 4 members (excludes halogenated alkanes) is 1. The minimum atomic E-state index is 0.0387. The van der Waals surface area contributed by atoms with Crippen LogP contribution in [0, 0.1) is 11.8 Å². The minimum Gasteiger partial charge on any atom is -0.357 e. The lowest BCUT2D eigenvalue weighted by Crippen LogP contribution is -2.42. The van der Waals surface area contributed by atoms with Crippen LogP contribution >= 0.6 is 0 Å². The van der Waals surface area contributed by atoms with Gasteiger partial charge in [-0.05, 0) is 19.3 Å². The average molecular weight is 325 g/mol. The number of aliphatic imine (C=N–C) groups is 1. The van der Waals surface area contributed by atoms with Gasteiger partial charge in [0.05, 0.1) is 0 Å². The van der Waals surface area contributed by atoms with E-state index in [1.165, 1.54) is 38.5 Å². The van der Waals surface area contributed by atoms with Crippen LogP contribution in [-0.2, 0) is 4.79 Å². The van der Waals surface area contributed by atoms with E-state index in [0.717, 1.165) is 31.4 Å². The maximum atomic E-state index is 11.5. The summed E-state index contributed by atoms with van der Waals surface area (Å²) in [6.07, 6.45) is 9.58. The Hall–Kier alpha value is -1.26. The van der Waals surface area contributed by atoms with Crippen molar-refractivity contribution >= 4 is 11.9 Å². The first-order chi connectivity index (χ1) is 11.1. The molecule has 134 valence electrons. The Kier molecular flexibility index (Phi) is 10.5. The molecule has 1 rings (SSSR count). The number of hydrogen-bond acceptors (Lipinski definition) is 2. The van der Waals surface area contributed by atoms with E-state index in [1.807, 2.05) is 13.8 Å². The topological polar surface area (TPSA) is 65.5 Å². The summed E-state index contributed by atoms with van der Waals surface area (Å²) in [6.45, 7) is 8.93. The predicted molar refractivity (Wildman–Crippen MR) is 97.6 cm³/mol. The van der Waals surface area contributed by atoms with Gasteiger partial charge in [0, 0.05) is 32.1 Å². The van der Waals surface area contributed by atoms with Crippen molar-refractivity contribution < 1.29 is 4.79 Å². The van der Waals surface area contributed by atoms with E-state index >= 15 is 0 Å². The normalized spacial score (nSPS) is 15.9. The molecular weight excluding hydrogens is 288 g/mol. The summed E-state index contributed by atoms with van der Waals surface area (Å²) in [4.78, 5) is 16.1. The zero-order valence-electron chi connectivity index (χ0n) is 15.3. The van der Waals surface area contributed by atoms with Crippen LogP contribution in [0.3, 0.4) is 0 Å². The van der Waals surface area contributed by atoms with Gasteiger partial charge < -0.3 is 16.0 Å². The quantitative estimate of drug-likeness (QED) is 0.329. The van der Waals surface area contributed by atoms with E-state index in [-0.39, 0.29) is 11.8 Å². The molecular formula is C18H36N4O. The average Bonchev–Trinajstić information content (AvgIpc) is 3.03. The van der Waals surface area contributed by atoms with Gasteiger partial charge >= 0.3 is 0 Å². The molecule has 0 radical (unpaired) electrons. The summed E-state index contributed by atoms with van der Waals surface area (Å²) < 4.78 is 0. The van der Waals surface area contributed by atoms with Crippen molar-refractivity contribution in [2.24, 2.45) is 16.8 Å². The highest BCUT2D eigenvalue weighted by Crippen LogP contribution is 2.28. The first-order valence-electron chi connectivity index (χ1n) is 9.43. The number of rotatable bonds is 10.